The molecular weight excluding hydrogens is 504 g/mol. The minimum atomic E-state index is -3.37. The van der Waals surface area contributed by atoms with E-state index in [0.29, 0.717) is 24.5 Å². The van der Waals surface area contributed by atoms with Gasteiger partial charge in [0.05, 0.1) is 16.0 Å². The van der Waals surface area contributed by atoms with E-state index in [1.54, 1.807) is 4.90 Å². The van der Waals surface area contributed by atoms with Crippen molar-refractivity contribution >= 4 is 42.7 Å². The molecule has 1 aromatic heterocycles. The summed E-state index contributed by atoms with van der Waals surface area (Å²) < 4.78 is 27.9. The van der Waals surface area contributed by atoms with Crippen LogP contribution in [-0.2, 0) is 10.0 Å². The minimum Gasteiger partial charge on any atom is -0.323 e. The molecule has 0 atom stereocenters. The molecule has 2 amide bonds. The SMILES string of the molecule is CCCS(=O)(=O)NCCN(CCC(c1ccccc1)c1ccccc1)C(=O)Nc1nc2ccccc2s1. The normalized spacial score (nSPS) is 11.6. The van der Waals surface area contributed by atoms with Crippen molar-refractivity contribution < 1.29 is 13.2 Å². The van der Waals surface area contributed by atoms with Crippen molar-refractivity contribution in [3.63, 3.8) is 0 Å². The smallest absolute Gasteiger partial charge is 0.323 e. The Morgan fingerprint density at radius 2 is 1.54 bits per heavy atom. The van der Waals surface area contributed by atoms with Crippen LogP contribution in [0.5, 0.6) is 0 Å². The number of amides is 2. The van der Waals surface area contributed by atoms with Gasteiger partial charge in [-0.25, -0.2) is 22.9 Å². The molecule has 9 heteroatoms. The van der Waals surface area contributed by atoms with Gasteiger partial charge in [-0.2, -0.15) is 0 Å². The van der Waals surface area contributed by atoms with Crippen LogP contribution in [-0.4, -0.2) is 49.7 Å². The third-order valence-corrected chi connectivity index (χ3v) is 8.60. The number of benzene rings is 3. The molecule has 0 aliphatic rings. The van der Waals surface area contributed by atoms with Crippen LogP contribution in [0.2, 0.25) is 0 Å². The molecule has 0 saturated carbocycles. The predicted molar refractivity (Wildman–Crippen MR) is 152 cm³/mol. The van der Waals surface area contributed by atoms with Crippen molar-refractivity contribution in [3.8, 4) is 0 Å². The van der Waals surface area contributed by atoms with Gasteiger partial charge in [0.25, 0.3) is 0 Å². The lowest BCUT2D eigenvalue weighted by Gasteiger charge is -2.26. The van der Waals surface area contributed by atoms with Gasteiger partial charge in [-0.15, -0.1) is 0 Å². The Kier molecular flexibility index (Phi) is 9.27. The fourth-order valence-electron chi connectivity index (χ4n) is 4.27. The summed E-state index contributed by atoms with van der Waals surface area (Å²) >= 11 is 1.41. The number of anilines is 1. The van der Waals surface area contributed by atoms with E-state index in [-0.39, 0.29) is 30.8 Å². The number of urea groups is 1. The lowest BCUT2D eigenvalue weighted by atomic mass is 9.88. The first-order valence-electron chi connectivity index (χ1n) is 12.4. The summed E-state index contributed by atoms with van der Waals surface area (Å²) in [5, 5.41) is 3.44. The number of hydrogen-bond donors (Lipinski definition) is 2. The Morgan fingerprint density at radius 1 is 0.919 bits per heavy atom. The first-order valence-corrected chi connectivity index (χ1v) is 14.9. The fraction of sp³-hybridized carbons (Fsp3) is 0.286. The topological polar surface area (TPSA) is 91.4 Å². The summed E-state index contributed by atoms with van der Waals surface area (Å²) in [7, 11) is -3.37. The van der Waals surface area contributed by atoms with Crippen LogP contribution in [0.15, 0.2) is 84.9 Å². The molecular formula is C28H32N4O3S2. The molecule has 0 aliphatic carbocycles. The number of thiazole rings is 1. The van der Waals surface area contributed by atoms with Gasteiger partial charge < -0.3 is 4.90 Å². The molecule has 0 fully saturated rings. The lowest BCUT2D eigenvalue weighted by Crippen LogP contribution is -2.42. The lowest BCUT2D eigenvalue weighted by molar-refractivity contribution is 0.211. The van der Waals surface area contributed by atoms with Crippen molar-refractivity contribution in [2.75, 3.05) is 30.7 Å². The molecule has 3 aromatic carbocycles. The first kappa shape index (κ1) is 26.8. The maximum absolute atomic E-state index is 13.4. The van der Waals surface area contributed by atoms with Gasteiger partial charge in [-0.3, -0.25) is 5.32 Å². The minimum absolute atomic E-state index is 0.0645. The Hall–Kier alpha value is -3.27. The number of fused-ring (bicyclic) bond motifs is 1. The molecule has 0 unspecified atom stereocenters. The zero-order valence-corrected chi connectivity index (χ0v) is 22.5. The highest BCUT2D eigenvalue weighted by molar-refractivity contribution is 7.89. The molecule has 7 nitrogen and oxygen atoms in total. The standard InChI is InChI=1S/C28H32N4O3S2/c1-2-21-37(34,35)29-18-20-32(28(33)31-27-30-25-15-9-10-16-26(25)36-27)19-17-24(22-11-5-3-6-12-22)23-13-7-4-8-14-23/h3-16,24,29H,2,17-21H2,1H3,(H,30,31,33). The predicted octanol–water partition coefficient (Wildman–Crippen LogP) is 5.68. The zero-order valence-electron chi connectivity index (χ0n) is 20.8. The number of aromatic nitrogens is 1. The van der Waals surface area contributed by atoms with Gasteiger partial charge in [0.1, 0.15) is 0 Å². The molecule has 0 radical (unpaired) electrons. The summed E-state index contributed by atoms with van der Waals surface area (Å²) in [6.07, 6.45) is 1.22. The van der Waals surface area contributed by atoms with E-state index in [1.165, 1.54) is 22.5 Å². The number of para-hydroxylation sites is 1. The molecule has 0 saturated heterocycles. The molecule has 0 aliphatic heterocycles. The van der Waals surface area contributed by atoms with E-state index in [2.05, 4.69) is 39.3 Å². The number of rotatable bonds is 12. The molecule has 4 aromatic rings. The highest BCUT2D eigenvalue weighted by Gasteiger charge is 2.21. The van der Waals surface area contributed by atoms with Crippen LogP contribution >= 0.6 is 11.3 Å². The van der Waals surface area contributed by atoms with Gasteiger partial charge in [-0.05, 0) is 36.1 Å². The molecule has 0 spiro atoms. The van der Waals surface area contributed by atoms with Gasteiger partial charge in [0.15, 0.2) is 5.13 Å². The van der Waals surface area contributed by atoms with E-state index < -0.39 is 10.0 Å². The highest BCUT2D eigenvalue weighted by Crippen LogP contribution is 2.29. The van der Waals surface area contributed by atoms with E-state index in [4.69, 9.17) is 0 Å². The van der Waals surface area contributed by atoms with Crippen LogP contribution < -0.4 is 10.0 Å². The van der Waals surface area contributed by atoms with Crippen LogP contribution in [0.1, 0.15) is 36.8 Å². The summed E-state index contributed by atoms with van der Waals surface area (Å²) in [6, 6.07) is 27.9. The second kappa shape index (κ2) is 12.8. The Bertz CT molecular complexity index is 1320. The first-order chi connectivity index (χ1) is 17.9. The van der Waals surface area contributed by atoms with Crippen molar-refractivity contribution in [2.45, 2.75) is 25.7 Å². The van der Waals surface area contributed by atoms with Crippen LogP contribution in [0, 0.1) is 0 Å². The molecule has 0 bridgehead atoms. The molecule has 1 heterocycles. The van der Waals surface area contributed by atoms with Crippen molar-refractivity contribution in [1.82, 2.24) is 14.6 Å². The van der Waals surface area contributed by atoms with Crippen LogP contribution in [0.3, 0.4) is 0 Å². The summed E-state index contributed by atoms with van der Waals surface area (Å²) in [5.41, 5.74) is 3.17. The molecule has 37 heavy (non-hydrogen) atoms. The van der Waals surface area contributed by atoms with Crippen molar-refractivity contribution in [2.24, 2.45) is 0 Å². The third kappa shape index (κ3) is 7.61. The maximum Gasteiger partial charge on any atom is 0.323 e. The quantitative estimate of drug-likeness (QED) is 0.244. The Morgan fingerprint density at radius 3 is 2.16 bits per heavy atom. The van der Waals surface area contributed by atoms with Gasteiger partial charge in [0.2, 0.25) is 10.0 Å². The average Bonchev–Trinajstić information content (AvgIpc) is 3.31. The summed E-state index contributed by atoms with van der Waals surface area (Å²) in [4.78, 5) is 19.5. The van der Waals surface area contributed by atoms with E-state index in [1.807, 2.05) is 67.6 Å². The van der Waals surface area contributed by atoms with E-state index in [0.717, 1.165) is 10.2 Å². The zero-order chi connectivity index (χ0) is 26.1. The highest BCUT2D eigenvalue weighted by atomic mass is 32.2. The van der Waals surface area contributed by atoms with E-state index in [9.17, 15) is 13.2 Å². The number of carbonyl (C=O) groups is 1. The largest absolute Gasteiger partial charge is 0.323 e. The average molecular weight is 537 g/mol. The van der Waals surface area contributed by atoms with Gasteiger partial charge in [0, 0.05) is 25.6 Å². The van der Waals surface area contributed by atoms with Gasteiger partial charge in [-0.1, -0.05) is 91.1 Å². The third-order valence-electron chi connectivity index (χ3n) is 6.06. The molecule has 4 rings (SSSR count). The second-order valence-corrected chi connectivity index (χ2v) is 11.7. The molecule has 2 N–H and O–H groups in total. The maximum atomic E-state index is 13.4. The van der Waals surface area contributed by atoms with Crippen molar-refractivity contribution in [1.29, 1.82) is 0 Å². The number of nitrogens with zero attached hydrogens (tertiary/aromatic N) is 2. The Labute approximate surface area is 222 Å². The number of sulfonamides is 1. The summed E-state index contributed by atoms with van der Waals surface area (Å²) in [6.45, 7) is 2.66. The monoisotopic (exact) mass is 536 g/mol. The summed E-state index contributed by atoms with van der Waals surface area (Å²) in [5.74, 6) is 0.159. The fourth-order valence-corrected chi connectivity index (χ4v) is 6.21. The number of hydrogen-bond acceptors (Lipinski definition) is 5. The number of carbonyl (C=O) groups excluding carboxylic acids is 1. The van der Waals surface area contributed by atoms with Crippen molar-refractivity contribution in [3.05, 3.63) is 96.1 Å². The number of nitrogens with one attached hydrogen (secondary N) is 2. The second-order valence-electron chi connectivity index (χ2n) is 8.78. The van der Waals surface area contributed by atoms with Crippen LogP contribution in [0.4, 0.5) is 9.93 Å². The van der Waals surface area contributed by atoms with Crippen LogP contribution in [0.25, 0.3) is 10.2 Å². The molecule has 194 valence electrons. The van der Waals surface area contributed by atoms with Gasteiger partial charge >= 0.3 is 6.03 Å². The Balaban J connectivity index is 1.51. The van der Waals surface area contributed by atoms with E-state index >= 15 is 0 Å².